The highest BCUT2D eigenvalue weighted by Crippen LogP contribution is 2.27. The maximum atomic E-state index is 12.0. The van der Waals surface area contributed by atoms with Gasteiger partial charge in [-0.2, -0.15) is 0 Å². The molecule has 2 nitrogen and oxygen atoms in total. The highest BCUT2D eigenvalue weighted by atomic mass is 16.5. The molecule has 0 saturated heterocycles. The summed E-state index contributed by atoms with van der Waals surface area (Å²) in [5.41, 5.74) is 1.29. The highest BCUT2D eigenvalue weighted by Gasteiger charge is 2.25. The van der Waals surface area contributed by atoms with E-state index in [1.165, 1.54) is 6.42 Å². The third-order valence-electron chi connectivity index (χ3n) is 3.66. The number of hydrogen-bond acceptors (Lipinski definition) is 2. The van der Waals surface area contributed by atoms with Gasteiger partial charge in [-0.3, -0.25) is 0 Å². The molecule has 1 fully saturated rings. The molecule has 96 valence electrons. The van der Waals surface area contributed by atoms with Gasteiger partial charge in [-0.05, 0) is 30.7 Å². The Kier molecular flexibility index (Phi) is 4.19. The van der Waals surface area contributed by atoms with Gasteiger partial charge in [0.15, 0.2) is 0 Å². The molecule has 0 amide bonds. The lowest BCUT2D eigenvalue weighted by atomic mass is 9.88. The SMILES string of the molecule is C=C(C(=O)OC1CCCCC1C)c1ccccc1. The Labute approximate surface area is 109 Å². The second-order valence-corrected chi connectivity index (χ2v) is 5.05. The van der Waals surface area contributed by atoms with E-state index in [1.807, 2.05) is 30.3 Å². The summed E-state index contributed by atoms with van der Waals surface area (Å²) in [4.78, 5) is 12.0. The van der Waals surface area contributed by atoms with Crippen LogP contribution in [0.1, 0.15) is 38.2 Å². The van der Waals surface area contributed by atoms with Crippen LogP contribution < -0.4 is 0 Å². The van der Waals surface area contributed by atoms with Gasteiger partial charge >= 0.3 is 5.97 Å². The van der Waals surface area contributed by atoms with Crippen molar-refractivity contribution in [1.82, 2.24) is 0 Å². The van der Waals surface area contributed by atoms with Crippen molar-refractivity contribution < 1.29 is 9.53 Å². The quantitative estimate of drug-likeness (QED) is 0.597. The van der Waals surface area contributed by atoms with Crippen molar-refractivity contribution in [2.75, 3.05) is 0 Å². The van der Waals surface area contributed by atoms with Crippen molar-refractivity contribution in [2.24, 2.45) is 5.92 Å². The Hall–Kier alpha value is -1.57. The average Bonchev–Trinajstić information content (AvgIpc) is 2.41. The molecular weight excluding hydrogens is 224 g/mol. The van der Waals surface area contributed by atoms with Crippen molar-refractivity contribution in [3.63, 3.8) is 0 Å². The lowest BCUT2D eigenvalue weighted by Crippen LogP contribution is -2.28. The van der Waals surface area contributed by atoms with E-state index in [-0.39, 0.29) is 12.1 Å². The fourth-order valence-corrected chi connectivity index (χ4v) is 2.42. The monoisotopic (exact) mass is 244 g/mol. The van der Waals surface area contributed by atoms with Gasteiger partial charge in [0.2, 0.25) is 0 Å². The van der Waals surface area contributed by atoms with Crippen LogP contribution in [-0.4, -0.2) is 12.1 Å². The van der Waals surface area contributed by atoms with Crippen LogP contribution in [0.25, 0.3) is 5.57 Å². The fourth-order valence-electron chi connectivity index (χ4n) is 2.42. The van der Waals surface area contributed by atoms with Crippen LogP contribution in [0.2, 0.25) is 0 Å². The number of hydrogen-bond donors (Lipinski definition) is 0. The number of benzene rings is 1. The summed E-state index contributed by atoms with van der Waals surface area (Å²) in [6.07, 6.45) is 4.59. The summed E-state index contributed by atoms with van der Waals surface area (Å²) >= 11 is 0. The predicted molar refractivity (Wildman–Crippen MR) is 73.0 cm³/mol. The summed E-state index contributed by atoms with van der Waals surface area (Å²) in [5, 5.41) is 0. The Morgan fingerprint density at radius 3 is 2.56 bits per heavy atom. The second kappa shape index (κ2) is 5.85. The first-order chi connectivity index (χ1) is 8.68. The zero-order valence-corrected chi connectivity index (χ0v) is 10.9. The molecule has 2 rings (SSSR count). The molecule has 0 spiro atoms. The number of rotatable bonds is 3. The van der Waals surface area contributed by atoms with Gasteiger partial charge in [-0.1, -0.05) is 50.3 Å². The van der Waals surface area contributed by atoms with E-state index >= 15 is 0 Å². The van der Waals surface area contributed by atoms with Crippen molar-refractivity contribution in [3.8, 4) is 0 Å². The average molecular weight is 244 g/mol. The van der Waals surface area contributed by atoms with Gasteiger partial charge in [0.05, 0.1) is 5.57 Å². The molecular formula is C16H20O2. The fraction of sp³-hybridized carbons (Fsp3) is 0.438. The molecule has 2 atom stereocenters. The van der Waals surface area contributed by atoms with E-state index in [1.54, 1.807) is 0 Å². The van der Waals surface area contributed by atoms with Crippen LogP contribution in [0.15, 0.2) is 36.9 Å². The van der Waals surface area contributed by atoms with Crippen LogP contribution >= 0.6 is 0 Å². The minimum atomic E-state index is -0.278. The van der Waals surface area contributed by atoms with Crippen LogP contribution in [-0.2, 0) is 9.53 Å². The molecule has 2 heteroatoms. The molecule has 1 aliphatic carbocycles. The normalized spacial score (nSPS) is 23.4. The minimum Gasteiger partial charge on any atom is -0.459 e. The molecule has 1 aromatic carbocycles. The Morgan fingerprint density at radius 2 is 1.89 bits per heavy atom. The van der Waals surface area contributed by atoms with Gasteiger partial charge in [-0.15, -0.1) is 0 Å². The number of ether oxygens (including phenoxy) is 1. The number of carbonyl (C=O) groups excluding carboxylic acids is 1. The van der Waals surface area contributed by atoms with Crippen LogP contribution in [0.3, 0.4) is 0 Å². The lowest BCUT2D eigenvalue weighted by Gasteiger charge is -2.28. The van der Waals surface area contributed by atoms with E-state index in [4.69, 9.17) is 4.74 Å². The molecule has 18 heavy (non-hydrogen) atoms. The summed E-state index contributed by atoms with van der Waals surface area (Å²) < 4.78 is 5.58. The van der Waals surface area contributed by atoms with E-state index < -0.39 is 0 Å². The first-order valence-electron chi connectivity index (χ1n) is 6.64. The zero-order valence-electron chi connectivity index (χ0n) is 10.9. The topological polar surface area (TPSA) is 26.3 Å². The third kappa shape index (κ3) is 3.00. The second-order valence-electron chi connectivity index (χ2n) is 5.05. The molecule has 0 radical (unpaired) electrons. The van der Waals surface area contributed by atoms with Crippen LogP contribution in [0.5, 0.6) is 0 Å². The molecule has 0 bridgehead atoms. The molecule has 0 aromatic heterocycles. The van der Waals surface area contributed by atoms with Crippen LogP contribution in [0.4, 0.5) is 0 Å². The maximum Gasteiger partial charge on any atom is 0.338 e. The standard InChI is InChI=1S/C16H20O2/c1-12-8-6-7-11-15(12)18-16(17)13(2)14-9-4-3-5-10-14/h3-5,9-10,12,15H,2,6-8,11H2,1H3. The van der Waals surface area contributed by atoms with Gasteiger partial charge in [0, 0.05) is 0 Å². The molecule has 0 N–H and O–H groups in total. The highest BCUT2D eigenvalue weighted by molar-refractivity contribution is 6.15. The van der Waals surface area contributed by atoms with Crippen molar-refractivity contribution >= 4 is 11.5 Å². The Morgan fingerprint density at radius 1 is 1.22 bits per heavy atom. The van der Waals surface area contributed by atoms with E-state index in [0.29, 0.717) is 11.5 Å². The summed E-state index contributed by atoms with van der Waals surface area (Å²) in [6.45, 7) is 6.00. The molecule has 2 unspecified atom stereocenters. The number of carbonyl (C=O) groups is 1. The summed E-state index contributed by atoms with van der Waals surface area (Å²) in [6, 6.07) is 9.49. The van der Waals surface area contributed by atoms with Gasteiger partial charge in [-0.25, -0.2) is 4.79 Å². The van der Waals surface area contributed by atoms with Gasteiger partial charge in [0.25, 0.3) is 0 Å². The molecule has 0 heterocycles. The van der Waals surface area contributed by atoms with Crippen LogP contribution in [0, 0.1) is 5.92 Å². The van der Waals surface area contributed by atoms with E-state index in [2.05, 4.69) is 13.5 Å². The molecule has 1 aromatic rings. The first-order valence-corrected chi connectivity index (χ1v) is 6.64. The smallest absolute Gasteiger partial charge is 0.338 e. The molecule has 1 saturated carbocycles. The number of esters is 1. The Balaban J connectivity index is 1.97. The lowest BCUT2D eigenvalue weighted by molar-refractivity contribution is -0.145. The van der Waals surface area contributed by atoms with Crippen molar-refractivity contribution in [1.29, 1.82) is 0 Å². The van der Waals surface area contributed by atoms with Crippen molar-refractivity contribution in [3.05, 3.63) is 42.5 Å². The van der Waals surface area contributed by atoms with E-state index in [9.17, 15) is 4.79 Å². The maximum absolute atomic E-state index is 12.0. The minimum absolute atomic E-state index is 0.0618. The zero-order chi connectivity index (χ0) is 13.0. The Bertz CT molecular complexity index is 422. The summed E-state index contributed by atoms with van der Waals surface area (Å²) in [5.74, 6) is 0.186. The molecule has 1 aliphatic rings. The van der Waals surface area contributed by atoms with Gasteiger partial charge in [0.1, 0.15) is 6.10 Å². The first kappa shape index (κ1) is 12.9. The third-order valence-corrected chi connectivity index (χ3v) is 3.66. The summed E-state index contributed by atoms with van der Waals surface area (Å²) in [7, 11) is 0. The molecule has 0 aliphatic heterocycles. The van der Waals surface area contributed by atoms with Gasteiger partial charge < -0.3 is 4.74 Å². The van der Waals surface area contributed by atoms with E-state index in [0.717, 1.165) is 24.8 Å². The predicted octanol–water partition coefficient (Wildman–Crippen LogP) is 3.82. The largest absolute Gasteiger partial charge is 0.459 e. The van der Waals surface area contributed by atoms with Crippen molar-refractivity contribution in [2.45, 2.75) is 38.7 Å².